The molecule has 1 aliphatic rings. The van der Waals surface area contributed by atoms with Crippen molar-refractivity contribution in [3.05, 3.63) is 58.6 Å². The van der Waals surface area contributed by atoms with Gasteiger partial charge in [0.15, 0.2) is 11.5 Å². The molecule has 3 rings (SSSR count). The second-order valence-electron chi connectivity index (χ2n) is 7.88. The number of hydrogen-bond donors (Lipinski definition) is 1. The van der Waals surface area contributed by atoms with Crippen molar-refractivity contribution in [2.24, 2.45) is 0 Å². The van der Waals surface area contributed by atoms with E-state index in [-0.39, 0.29) is 11.9 Å². The van der Waals surface area contributed by atoms with Gasteiger partial charge in [-0.25, -0.2) is 0 Å². The van der Waals surface area contributed by atoms with Gasteiger partial charge < -0.3 is 19.7 Å². The lowest BCUT2D eigenvalue weighted by Gasteiger charge is -2.35. The molecule has 0 bridgehead atoms. The van der Waals surface area contributed by atoms with Gasteiger partial charge in [0.25, 0.3) is 5.91 Å². The molecule has 1 amide bonds. The number of halogens is 1. The number of likely N-dealkylation sites (N-methyl/N-ethyl adjacent to an activating group) is 1. The lowest BCUT2D eigenvalue weighted by molar-refractivity contribution is 0.0907. The first-order chi connectivity index (χ1) is 15.0. The van der Waals surface area contributed by atoms with Crippen LogP contribution in [0.1, 0.15) is 35.3 Å². The van der Waals surface area contributed by atoms with Gasteiger partial charge >= 0.3 is 0 Å². The van der Waals surface area contributed by atoms with E-state index < -0.39 is 0 Å². The standard InChI is InChI=1S/C24H32ClN3O3/c1-4-14-31-23-20(25)15-19(16-22(23)30-3)24(29)26-21(18-8-6-5-7-9-18)17-28-12-10-27(2)11-13-28/h5-9,15-16,21H,4,10-14,17H2,1-3H3,(H,26,29). The van der Waals surface area contributed by atoms with Gasteiger partial charge in [0.05, 0.1) is 24.8 Å². The minimum Gasteiger partial charge on any atom is -0.493 e. The van der Waals surface area contributed by atoms with Crippen molar-refractivity contribution < 1.29 is 14.3 Å². The van der Waals surface area contributed by atoms with Crippen molar-refractivity contribution in [3.8, 4) is 11.5 Å². The first-order valence-electron chi connectivity index (χ1n) is 10.8. The molecule has 0 aliphatic carbocycles. The zero-order valence-corrected chi connectivity index (χ0v) is 19.3. The van der Waals surface area contributed by atoms with Crippen LogP contribution < -0.4 is 14.8 Å². The van der Waals surface area contributed by atoms with Crippen LogP contribution in [0.3, 0.4) is 0 Å². The monoisotopic (exact) mass is 445 g/mol. The number of nitrogens with zero attached hydrogens (tertiary/aromatic N) is 2. The average molecular weight is 446 g/mol. The number of nitrogens with one attached hydrogen (secondary N) is 1. The van der Waals surface area contributed by atoms with Crippen LogP contribution in [0.2, 0.25) is 5.02 Å². The predicted octanol–water partition coefficient (Wildman–Crippen LogP) is 3.86. The molecule has 0 radical (unpaired) electrons. The summed E-state index contributed by atoms with van der Waals surface area (Å²) in [7, 11) is 3.69. The Hall–Kier alpha value is -2.28. The van der Waals surface area contributed by atoms with E-state index >= 15 is 0 Å². The Morgan fingerprint density at radius 3 is 2.52 bits per heavy atom. The van der Waals surface area contributed by atoms with Crippen molar-refractivity contribution >= 4 is 17.5 Å². The molecular formula is C24H32ClN3O3. The van der Waals surface area contributed by atoms with Crippen molar-refractivity contribution in [1.82, 2.24) is 15.1 Å². The first-order valence-corrected chi connectivity index (χ1v) is 11.2. The molecule has 2 aromatic rings. The number of piperazine rings is 1. The molecule has 0 saturated carbocycles. The van der Waals surface area contributed by atoms with Gasteiger partial charge in [0, 0.05) is 38.3 Å². The summed E-state index contributed by atoms with van der Waals surface area (Å²) >= 11 is 6.42. The number of ether oxygens (including phenoxy) is 2. The first kappa shape index (κ1) is 23.4. The Kier molecular flexibility index (Phi) is 8.58. The Morgan fingerprint density at radius 2 is 1.87 bits per heavy atom. The maximum atomic E-state index is 13.2. The molecule has 0 spiro atoms. The van der Waals surface area contributed by atoms with Gasteiger partial charge in [-0.05, 0) is 31.2 Å². The van der Waals surface area contributed by atoms with E-state index in [1.807, 2.05) is 25.1 Å². The molecule has 0 aromatic heterocycles. The maximum Gasteiger partial charge on any atom is 0.252 e. The van der Waals surface area contributed by atoms with Gasteiger partial charge in [-0.2, -0.15) is 0 Å². The fraction of sp³-hybridized carbons (Fsp3) is 0.458. The van der Waals surface area contributed by atoms with Gasteiger partial charge in [-0.1, -0.05) is 48.9 Å². The van der Waals surface area contributed by atoms with E-state index in [0.717, 1.165) is 44.7 Å². The number of rotatable bonds is 9. The highest BCUT2D eigenvalue weighted by molar-refractivity contribution is 6.32. The molecule has 7 heteroatoms. The molecule has 1 aliphatic heterocycles. The average Bonchev–Trinajstić information content (AvgIpc) is 2.79. The van der Waals surface area contributed by atoms with Crippen LogP contribution in [-0.2, 0) is 0 Å². The quantitative estimate of drug-likeness (QED) is 0.635. The fourth-order valence-electron chi connectivity index (χ4n) is 3.65. The summed E-state index contributed by atoms with van der Waals surface area (Å²) in [5.41, 5.74) is 1.53. The molecule has 1 N–H and O–H groups in total. The molecule has 168 valence electrons. The normalized spacial score (nSPS) is 16.0. The number of carbonyl (C=O) groups excluding carboxylic acids is 1. The van der Waals surface area contributed by atoms with Gasteiger partial charge in [-0.15, -0.1) is 0 Å². The van der Waals surface area contributed by atoms with E-state index in [1.54, 1.807) is 19.2 Å². The van der Waals surface area contributed by atoms with Gasteiger partial charge in [0.1, 0.15) is 0 Å². The lowest BCUT2D eigenvalue weighted by Crippen LogP contribution is -2.47. The van der Waals surface area contributed by atoms with E-state index in [9.17, 15) is 4.79 Å². The summed E-state index contributed by atoms with van der Waals surface area (Å²) in [4.78, 5) is 17.9. The third-order valence-corrected chi connectivity index (χ3v) is 5.77. The molecule has 1 heterocycles. The van der Waals surface area contributed by atoms with Crippen LogP contribution in [0.5, 0.6) is 11.5 Å². The summed E-state index contributed by atoms with van der Waals surface area (Å²) in [6.45, 7) is 7.34. The zero-order valence-electron chi connectivity index (χ0n) is 18.6. The smallest absolute Gasteiger partial charge is 0.252 e. The Labute approximate surface area is 190 Å². The largest absolute Gasteiger partial charge is 0.493 e. The third-order valence-electron chi connectivity index (χ3n) is 5.49. The van der Waals surface area contributed by atoms with E-state index in [2.05, 4.69) is 34.3 Å². The summed E-state index contributed by atoms with van der Waals surface area (Å²) < 4.78 is 11.1. The fourth-order valence-corrected chi connectivity index (χ4v) is 3.91. The summed E-state index contributed by atoms with van der Waals surface area (Å²) in [5.74, 6) is 0.742. The van der Waals surface area contributed by atoms with Crippen LogP contribution in [0.15, 0.2) is 42.5 Å². The molecule has 2 aromatic carbocycles. The molecule has 31 heavy (non-hydrogen) atoms. The second-order valence-corrected chi connectivity index (χ2v) is 8.29. The molecular weight excluding hydrogens is 414 g/mol. The van der Waals surface area contributed by atoms with Crippen LogP contribution >= 0.6 is 11.6 Å². The Bertz CT molecular complexity index is 855. The predicted molar refractivity (Wildman–Crippen MR) is 124 cm³/mol. The van der Waals surface area contributed by atoms with E-state index in [0.29, 0.717) is 28.7 Å². The van der Waals surface area contributed by atoms with E-state index in [1.165, 1.54) is 0 Å². The van der Waals surface area contributed by atoms with Crippen LogP contribution in [0.25, 0.3) is 0 Å². The van der Waals surface area contributed by atoms with Crippen LogP contribution in [0.4, 0.5) is 0 Å². The SMILES string of the molecule is CCCOc1c(Cl)cc(C(=O)NC(CN2CCN(C)CC2)c2ccccc2)cc1OC. The number of carbonyl (C=O) groups is 1. The van der Waals surface area contributed by atoms with Crippen molar-refractivity contribution in [2.45, 2.75) is 19.4 Å². The summed E-state index contributed by atoms with van der Waals surface area (Å²) in [6, 6.07) is 13.3. The van der Waals surface area contributed by atoms with Crippen molar-refractivity contribution in [1.29, 1.82) is 0 Å². The molecule has 1 atom stereocenters. The number of amides is 1. The highest BCUT2D eigenvalue weighted by Gasteiger charge is 2.23. The van der Waals surface area contributed by atoms with Crippen molar-refractivity contribution in [2.75, 3.05) is 53.5 Å². The van der Waals surface area contributed by atoms with Crippen LogP contribution in [0, 0.1) is 0 Å². The minimum atomic E-state index is -0.190. The lowest BCUT2D eigenvalue weighted by atomic mass is 10.0. The number of hydrogen-bond acceptors (Lipinski definition) is 5. The minimum absolute atomic E-state index is 0.127. The topological polar surface area (TPSA) is 54.0 Å². The second kappa shape index (κ2) is 11.4. The molecule has 6 nitrogen and oxygen atoms in total. The third kappa shape index (κ3) is 6.35. The molecule has 1 unspecified atom stereocenters. The maximum absolute atomic E-state index is 13.2. The summed E-state index contributed by atoms with van der Waals surface area (Å²) in [5, 5.41) is 3.57. The Balaban J connectivity index is 1.79. The number of methoxy groups -OCH3 is 1. The molecule has 1 fully saturated rings. The van der Waals surface area contributed by atoms with Crippen LogP contribution in [-0.4, -0.2) is 69.2 Å². The van der Waals surface area contributed by atoms with Gasteiger partial charge in [-0.3, -0.25) is 9.69 Å². The highest BCUT2D eigenvalue weighted by atomic mass is 35.5. The Morgan fingerprint density at radius 1 is 1.16 bits per heavy atom. The molecule has 1 saturated heterocycles. The zero-order chi connectivity index (χ0) is 22.2. The van der Waals surface area contributed by atoms with Gasteiger partial charge in [0.2, 0.25) is 0 Å². The number of benzene rings is 2. The van der Waals surface area contributed by atoms with Crippen molar-refractivity contribution in [3.63, 3.8) is 0 Å². The summed E-state index contributed by atoms with van der Waals surface area (Å²) in [6.07, 6.45) is 0.854. The highest BCUT2D eigenvalue weighted by Crippen LogP contribution is 2.36. The van der Waals surface area contributed by atoms with E-state index in [4.69, 9.17) is 21.1 Å².